The Labute approximate surface area is 198 Å². The van der Waals surface area contributed by atoms with Gasteiger partial charge in [0.2, 0.25) is 0 Å². The van der Waals surface area contributed by atoms with Crippen LogP contribution in [0.15, 0.2) is 23.2 Å². The van der Waals surface area contributed by atoms with Gasteiger partial charge in [-0.3, -0.25) is 4.99 Å². The van der Waals surface area contributed by atoms with Crippen LogP contribution in [0, 0.1) is 0 Å². The second-order valence-electron chi connectivity index (χ2n) is 8.06. The van der Waals surface area contributed by atoms with Gasteiger partial charge in [-0.05, 0) is 26.3 Å². The summed E-state index contributed by atoms with van der Waals surface area (Å²) in [6.07, 6.45) is 6.51. The monoisotopic (exact) mass is 531 g/mol. The van der Waals surface area contributed by atoms with E-state index >= 15 is 0 Å². The molecule has 0 bridgehead atoms. The lowest BCUT2D eigenvalue weighted by molar-refractivity contribution is 0.249. The molecule has 2 N–H and O–H groups in total. The minimum atomic E-state index is 0. The quantitative estimate of drug-likeness (QED) is 0.306. The molecule has 1 atom stereocenters. The fourth-order valence-electron chi connectivity index (χ4n) is 4.35. The van der Waals surface area contributed by atoms with E-state index in [1.165, 1.54) is 25.7 Å². The third-order valence-electron chi connectivity index (χ3n) is 6.16. The van der Waals surface area contributed by atoms with Crippen molar-refractivity contribution in [3.63, 3.8) is 0 Å². The first kappa shape index (κ1) is 24.8. The Balaban J connectivity index is 0.00000320. The Kier molecular flexibility index (Phi) is 10.3. The summed E-state index contributed by atoms with van der Waals surface area (Å²) in [4.78, 5) is 9.27. The third-order valence-corrected chi connectivity index (χ3v) is 6.16. The normalized spacial score (nSPS) is 19.7. The number of rotatable bonds is 8. The number of ether oxygens (including phenoxy) is 2. The van der Waals surface area contributed by atoms with Crippen molar-refractivity contribution in [1.29, 1.82) is 0 Å². The highest BCUT2D eigenvalue weighted by Crippen LogP contribution is 2.30. The Hall–Kier alpha value is -1.42. The molecule has 2 fully saturated rings. The van der Waals surface area contributed by atoms with Gasteiger partial charge in [-0.15, -0.1) is 24.0 Å². The second kappa shape index (κ2) is 12.4. The highest BCUT2D eigenvalue weighted by atomic mass is 127. The molecule has 0 spiro atoms. The zero-order chi connectivity index (χ0) is 20.6. The van der Waals surface area contributed by atoms with Crippen LogP contribution in [-0.4, -0.2) is 77.4 Å². The van der Waals surface area contributed by atoms with Crippen LogP contribution in [0.3, 0.4) is 0 Å². The van der Waals surface area contributed by atoms with Crippen LogP contribution in [0.2, 0.25) is 0 Å². The topological polar surface area (TPSA) is 61.4 Å². The van der Waals surface area contributed by atoms with Crippen molar-refractivity contribution >= 4 is 35.6 Å². The van der Waals surface area contributed by atoms with E-state index in [1.54, 1.807) is 14.2 Å². The molecule has 1 aromatic carbocycles. The molecule has 8 heteroatoms. The average Bonchev–Trinajstić information content (AvgIpc) is 3.44. The number of halogens is 1. The lowest BCUT2D eigenvalue weighted by Gasteiger charge is -2.25. The fraction of sp³-hybridized carbons (Fsp3) is 0.682. The van der Waals surface area contributed by atoms with Crippen LogP contribution < -0.4 is 25.0 Å². The summed E-state index contributed by atoms with van der Waals surface area (Å²) in [7, 11) is 7.46. The summed E-state index contributed by atoms with van der Waals surface area (Å²) in [5, 5.41) is 7.06. The lowest BCUT2D eigenvalue weighted by Crippen LogP contribution is -2.47. The maximum Gasteiger partial charge on any atom is 0.191 e. The largest absolute Gasteiger partial charge is 0.497 e. The predicted octanol–water partition coefficient (Wildman–Crippen LogP) is 2.94. The van der Waals surface area contributed by atoms with Gasteiger partial charge in [0.05, 0.1) is 14.2 Å². The first-order valence-electron chi connectivity index (χ1n) is 10.8. The van der Waals surface area contributed by atoms with Gasteiger partial charge in [0.1, 0.15) is 11.5 Å². The van der Waals surface area contributed by atoms with E-state index in [4.69, 9.17) is 9.47 Å². The summed E-state index contributed by atoms with van der Waals surface area (Å²) in [5.74, 6) is 2.53. The van der Waals surface area contributed by atoms with E-state index in [0.29, 0.717) is 6.04 Å². The maximum absolute atomic E-state index is 5.41. The summed E-state index contributed by atoms with van der Waals surface area (Å²) in [6, 6.07) is 7.16. The zero-order valence-electron chi connectivity index (χ0n) is 18.8. The van der Waals surface area contributed by atoms with E-state index < -0.39 is 0 Å². The predicted molar refractivity (Wildman–Crippen MR) is 135 cm³/mol. The maximum atomic E-state index is 5.41. The Bertz CT molecular complexity index is 659. The van der Waals surface area contributed by atoms with Crippen molar-refractivity contribution < 1.29 is 9.47 Å². The molecule has 1 unspecified atom stereocenters. The van der Waals surface area contributed by atoms with Crippen LogP contribution in [0.5, 0.6) is 11.5 Å². The lowest BCUT2D eigenvalue weighted by atomic mass is 10.2. The van der Waals surface area contributed by atoms with E-state index in [-0.39, 0.29) is 24.0 Å². The summed E-state index contributed by atoms with van der Waals surface area (Å²) in [6.45, 7) is 3.89. The fourth-order valence-corrected chi connectivity index (χ4v) is 4.35. The number of hydrogen-bond donors (Lipinski definition) is 2. The smallest absolute Gasteiger partial charge is 0.191 e. The standard InChI is InChI=1S/C22H37N5O2.HI/c1-23-22(24-10-12-26(2)18-7-5-6-8-18)25-17-9-11-27(16-17)19-13-20(28-3)15-21(14-19)29-4;/h13-15,17-18H,5-12,16H2,1-4H3,(H2,23,24,25);1H. The van der Waals surface area contributed by atoms with E-state index in [1.807, 2.05) is 13.1 Å². The van der Waals surface area contributed by atoms with Gasteiger partial charge in [0, 0.05) is 69.2 Å². The highest BCUT2D eigenvalue weighted by molar-refractivity contribution is 14.0. The Morgan fingerprint density at radius 3 is 2.40 bits per heavy atom. The molecule has 3 rings (SSSR count). The number of likely N-dealkylation sites (N-methyl/N-ethyl adjacent to an activating group) is 1. The number of anilines is 1. The van der Waals surface area contributed by atoms with Gasteiger partial charge in [-0.1, -0.05) is 12.8 Å². The van der Waals surface area contributed by atoms with Gasteiger partial charge in [-0.2, -0.15) is 0 Å². The molecule has 1 heterocycles. The number of benzene rings is 1. The molecule has 0 radical (unpaired) electrons. The molecule has 7 nitrogen and oxygen atoms in total. The van der Waals surface area contributed by atoms with Gasteiger partial charge in [-0.25, -0.2) is 0 Å². The average molecular weight is 531 g/mol. The van der Waals surface area contributed by atoms with Crippen LogP contribution in [0.4, 0.5) is 5.69 Å². The number of guanidine groups is 1. The summed E-state index contributed by atoms with van der Waals surface area (Å²) >= 11 is 0. The molecule has 2 aliphatic rings. The number of nitrogens with one attached hydrogen (secondary N) is 2. The molecule has 30 heavy (non-hydrogen) atoms. The third kappa shape index (κ3) is 6.80. The van der Waals surface area contributed by atoms with Crippen LogP contribution in [0.25, 0.3) is 0 Å². The molecule has 170 valence electrons. The van der Waals surface area contributed by atoms with Crippen LogP contribution in [-0.2, 0) is 0 Å². The SMILES string of the molecule is CN=C(NCCN(C)C1CCCC1)NC1CCN(c2cc(OC)cc(OC)c2)C1.I. The van der Waals surface area contributed by atoms with E-state index in [2.05, 4.69) is 44.6 Å². The Morgan fingerprint density at radius 2 is 1.80 bits per heavy atom. The van der Waals surface area contributed by atoms with Gasteiger partial charge < -0.3 is 29.9 Å². The number of aliphatic imine (C=N–C) groups is 1. The highest BCUT2D eigenvalue weighted by Gasteiger charge is 2.24. The summed E-state index contributed by atoms with van der Waals surface area (Å²) in [5.41, 5.74) is 1.13. The van der Waals surface area contributed by atoms with Crippen molar-refractivity contribution in [2.24, 2.45) is 4.99 Å². The van der Waals surface area contributed by atoms with Crippen LogP contribution >= 0.6 is 24.0 Å². The number of methoxy groups -OCH3 is 2. The van der Waals surface area contributed by atoms with Gasteiger partial charge >= 0.3 is 0 Å². The first-order valence-corrected chi connectivity index (χ1v) is 10.8. The minimum absolute atomic E-state index is 0. The van der Waals surface area contributed by atoms with E-state index in [9.17, 15) is 0 Å². The van der Waals surface area contributed by atoms with Gasteiger partial charge in [0.25, 0.3) is 0 Å². The first-order chi connectivity index (χ1) is 14.1. The van der Waals surface area contributed by atoms with Crippen molar-refractivity contribution in [3.05, 3.63) is 18.2 Å². The molecule has 0 aromatic heterocycles. The molecule has 1 aliphatic heterocycles. The molecule has 1 saturated heterocycles. The van der Waals surface area contributed by atoms with Crippen molar-refractivity contribution in [1.82, 2.24) is 15.5 Å². The van der Waals surface area contributed by atoms with Crippen molar-refractivity contribution in [2.45, 2.75) is 44.2 Å². The molecule has 1 saturated carbocycles. The molecular formula is C22H38IN5O2. The molecule has 1 aliphatic carbocycles. The molecule has 0 amide bonds. The summed E-state index contributed by atoms with van der Waals surface area (Å²) < 4.78 is 10.8. The Morgan fingerprint density at radius 1 is 1.13 bits per heavy atom. The second-order valence-corrected chi connectivity index (χ2v) is 8.06. The molecular weight excluding hydrogens is 493 g/mol. The van der Waals surface area contributed by atoms with Crippen molar-refractivity contribution in [3.8, 4) is 11.5 Å². The number of nitrogens with zero attached hydrogens (tertiary/aromatic N) is 3. The minimum Gasteiger partial charge on any atom is -0.497 e. The van der Waals surface area contributed by atoms with Crippen LogP contribution in [0.1, 0.15) is 32.1 Å². The number of hydrogen-bond acceptors (Lipinski definition) is 5. The van der Waals surface area contributed by atoms with Crippen molar-refractivity contribution in [2.75, 3.05) is 59.4 Å². The van der Waals surface area contributed by atoms with E-state index in [0.717, 1.165) is 61.8 Å². The zero-order valence-corrected chi connectivity index (χ0v) is 21.1. The van der Waals surface area contributed by atoms with Gasteiger partial charge in [0.15, 0.2) is 5.96 Å². The molecule has 1 aromatic rings.